The highest BCUT2D eigenvalue weighted by molar-refractivity contribution is 5.74. The third-order valence-corrected chi connectivity index (χ3v) is 3.16. The predicted octanol–water partition coefficient (Wildman–Crippen LogP) is 1.26. The Balaban J connectivity index is 2.39. The van der Waals surface area contributed by atoms with E-state index >= 15 is 0 Å². The van der Waals surface area contributed by atoms with E-state index in [0.717, 1.165) is 38.8 Å². The number of ether oxygens (including phenoxy) is 1. The van der Waals surface area contributed by atoms with Gasteiger partial charge in [-0.2, -0.15) is 0 Å². The van der Waals surface area contributed by atoms with Crippen LogP contribution in [0.2, 0.25) is 0 Å². The summed E-state index contributed by atoms with van der Waals surface area (Å²) in [5.41, 5.74) is -0.498. The van der Waals surface area contributed by atoms with Crippen LogP contribution in [-0.4, -0.2) is 37.4 Å². The van der Waals surface area contributed by atoms with Gasteiger partial charge in [0.1, 0.15) is 0 Å². The summed E-state index contributed by atoms with van der Waals surface area (Å²) in [6, 6.07) is 0. The fourth-order valence-corrected chi connectivity index (χ4v) is 2.13. The molecule has 0 spiro atoms. The van der Waals surface area contributed by atoms with E-state index in [9.17, 15) is 9.90 Å². The molecule has 1 fully saturated rings. The first kappa shape index (κ1) is 12.5. The zero-order chi connectivity index (χ0) is 11.1. The van der Waals surface area contributed by atoms with Gasteiger partial charge in [-0.1, -0.05) is 0 Å². The molecule has 1 rings (SSSR count). The van der Waals surface area contributed by atoms with E-state index < -0.39 is 11.4 Å². The van der Waals surface area contributed by atoms with Gasteiger partial charge < -0.3 is 15.2 Å². The maximum atomic E-state index is 11.3. The molecule has 0 atom stereocenters. The molecule has 0 amide bonds. The standard InChI is InChI=1S/C11H21NO3/c1-2-15-9-3-4-11(10(13)14)5-7-12-8-6-11/h12H,2-9H2,1H3,(H,13,14). The number of hydrogen-bond donors (Lipinski definition) is 2. The molecule has 0 aliphatic carbocycles. The van der Waals surface area contributed by atoms with Crippen molar-refractivity contribution < 1.29 is 14.6 Å². The van der Waals surface area contributed by atoms with E-state index in [4.69, 9.17) is 4.74 Å². The molecule has 0 saturated carbocycles. The summed E-state index contributed by atoms with van der Waals surface area (Å²) in [4.78, 5) is 11.3. The van der Waals surface area contributed by atoms with Gasteiger partial charge in [0.15, 0.2) is 0 Å². The first-order valence-corrected chi connectivity index (χ1v) is 5.73. The molecule has 2 N–H and O–H groups in total. The summed E-state index contributed by atoms with van der Waals surface area (Å²) < 4.78 is 5.24. The monoisotopic (exact) mass is 215 g/mol. The third kappa shape index (κ3) is 3.47. The second kappa shape index (κ2) is 6.08. The highest BCUT2D eigenvalue weighted by Crippen LogP contribution is 2.34. The Morgan fingerprint density at radius 2 is 2.13 bits per heavy atom. The highest BCUT2D eigenvalue weighted by Gasteiger charge is 2.38. The topological polar surface area (TPSA) is 58.6 Å². The number of nitrogens with one attached hydrogen (secondary N) is 1. The molecule has 1 aliphatic heterocycles. The lowest BCUT2D eigenvalue weighted by molar-refractivity contribution is -0.151. The van der Waals surface area contributed by atoms with Crippen molar-refractivity contribution in [3.05, 3.63) is 0 Å². The second-order valence-electron chi connectivity index (χ2n) is 4.14. The average Bonchev–Trinajstić information content (AvgIpc) is 2.26. The van der Waals surface area contributed by atoms with E-state index in [0.29, 0.717) is 13.2 Å². The number of aliphatic carboxylic acids is 1. The third-order valence-electron chi connectivity index (χ3n) is 3.16. The summed E-state index contributed by atoms with van der Waals surface area (Å²) >= 11 is 0. The maximum Gasteiger partial charge on any atom is 0.309 e. The fourth-order valence-electron chi connectivity index (χ4n) is 2.13. The zero-order valence-electron chi connectivity index (χ0n) is 9.42. The summed E-state index contributed by atoms with van der Waals surface area (Å²) in [6.07, 6.45) is 3.08. The lowest BCUT2D eigenvalue weighted by Gasteiger charge is -2.33. The van der Waals surface area contributed by atoms with Gasteiger partial charge in [0.05, 0.1) is 5.41 Å². The first-order valence-electron chi connectivity index (χ1n) is 5.73. The van der Waals surface area contributed by atoms with Crippen molar-refractivity contribution in [1.82, 2.24) is 5.32 Å². The number of piperidine rings is 1. The molecule has 4 nitrogen and oxygen atoms in total. The molecule has 0 aromatic carbocycles. The second-order valence-corrected chi connectivity index (χ2v) is 4.14. The zero-order valence-corrected chi connectivity index (χ0v) is 9.42. The van der Waals surface area contributed by atoms with Crippen molar-refractivity contribution in [1.29, 1.82) is 0 Å². The van der Waals surface area contributed by atoms with Crippen LogP contribution < -0.4 is 5.32 Å². The smallest absolute Gasteiger partial charge is 0.309 e. The van der Waals surface area contributed by atoms with Gasteiger partial charge in [-0.05, 0) is 45.7 Å². The van der Waals surface area contributed by atoms with Gasteiger partial charge in [-0.25, -0.2) is 0 Å². The number of hydrogen-bond acceptors (Lipinski definition) is 3. The SMILES string of the molecule is CCOCCCC1(C(=O)O)CCNCC1. The lowest BCUT2D eigenvalue weighted by Crippen LogP contribution is -2.42. The molecule has 15 heavy (non-hydrogen) atoms. The lowest BCUT2D eigenvalue weighted by atomic mass is 9.75. The number of carboxylic acids is 1. The van der Waals surface area contributed by atoms with Gasteiger partial charge in [-0.3, -0.25) is 4.79 Å². The van der Waals surface area contributed by atoms with Crippen LogP contribution in [0.25, 0.3) is 0 Å². The Labute approximate surface area is 91.0 Å². The minimum absolute atomic E-state index is 0.498. The molecule has 1 heterocycles. The van der Waals surface area contributed by atoms with Gasteiger partial charge in [0.25, 0.3) is 0 Å². The van der Waals surface area contributed by atoms with Crippen molar-refractivity contribution in [3.8, 4) is 0 Å². The number of rotatable bonds is 6. The van der Waals surface area contributed by atoms with Crippen LogP contribution >= 0.6 is 0 Å². The van der Waals surface area contributed by atoms with Crippen LogP contribution in [0.3, 0.4) is 0 Å². The van der Waals surface area contributed by atoms with Gasteiger partial charge in [-0.15, -0.1) is 0 Å². The van der Waals surface area contributed by atoms with Crippen molar-refractivity contribution in [2.75, 3.05) is 26.3 Å². The Bertz CT molecular complexity index is 200. The van der Waals surface area contributed by atoms with Crippen LogP contribution in [-0.2, 0) is 9.53 Å². The van der Waals surface area contributed by atoms with E-state index in [1.54, 1.807) is 0 Å². The fraction of sp³-hybridized carbons (Fsp3) is 0.909. The van der Waals surface area contributed by atoms with E-state index in [-0.39, 0.29) is 0 Å². The Hall–Kier alpha value is -0.610. The predicted molar refractivity (Wildman–Crippen MR) is 57.9 cm³/mol. The average molecular weight is 215 g/mol. The molecule has 0 radical (unpaired) electrons. The van der Waals surface area contributed by atoms with E-state index in [2.05, 4.69) is 5.32 Å². The van der Waals surface area contributed by atoms with Crippen molar-refractivity contribution in [2.24, 2.45) is 5.41 Å². The quantitative estimate of drug-likeness (QED) is 0.655. The van der Waals surface area contributed by atoms with Crippen LogP contribution in [0, 0.1) is 5.41 Å². The minimum atomic E-state index is -0.638. The van der Waals surface area contributed by atoms with Gasteiger partial charge in [0.2, 0.25) is 0 Å². The van der Waals surface area contributed by atoms with Crippen LogP contribution in [0.1, 0.15) is 32.6 Å². The van der Waals surface area contributed by atoms with Crippen molar-refractivity contribution >= 4 is 5.97 Å². The Kier molecular flexibility index (Phi) is 5.05. The van der Waals surface area contributed by atoms with Gasteiger partial charge in [0, 0.05) is 13.2 Å². The Morgan fingerprint density at radius 3 is 2.67 bits per heavy atom. The molecule has 88 valence electrons. The largest absolute Gasteiger partial charge is 0.481 e. The van der Waals surface area contributed by atoms with E-state index in [1.807, 2.05) is 6.92 Å². The molecule has 1 aliphatic rings. The summed E-state index contributed by atoms with van der Waals surface area (Å²) in [7, 11) is 0. The minimum Gasteiger partial charge on any atom is -0.481 e. The van der Waals surface area contributed by atoms with Gasteiger partial charge >= 0.3 is 5.97 Å². The number of carbonyl (C=O) groups is 1. The highest BCUT2D eigenvalue weighted by atomic mass is 16.5. The molecule has 0 aromatic rings. The van der Waals surface area contributed by atoms with Crippen LogP contribution in [0.5, 0.6) is 0 Å². The normalized spacial score (nSPS) is 20.1. The molecule has 0 unspecified atom stereocenters. The van der Waals surface area contributed by atoms with Crippen LogP contribution in [0.15, 0.2) is 0 Å². The van der Waals surface area contributed by atoms with Crippen molar-refractivity contribution in [2.45, 2.75) is 32.6 Å². The Morgan fingerprint density at radius 1 is 1.47 bits per heavy atom. The maximum absolute atomic E-state index is 11.3. The van der Waals surface area contributed by atoms with E-state index in [1.165, 1.54) is 0 Å². The molecule has 0 aromatic heterocycles. The summed E-state index contributed by atoms with van der Waals surface area (Å²) in [5.74, 6) is -0.638. The number of carboxylic acid groups (broad SMARTS) is 1. The summed E-state index contributed by atoms with van der Waals surface area (Å²) in [5, 5.41) is 12.5. The molecular formula is C11H21NO3. The molecule has 0 bridgehead atoms. The molecular weight excluding hydrogens is 194 g/mol. The first-order chi connectivity index (χ1) is 7.21. The summed E-state index contributed by atoms with van der Waals surface area (Å²) in [6.45, 7) is 4.99. The van der Waals surface area contributed by atoms with Crippen molar-refractivity contribution in [3.63, 3.8) is 0 Å². The molecule has 4 heteroatoms. The molecule has 1 saturated heterocycles. The van der Waals surface area contributed by atoms with Crippen LogP contribution in [0.4, 0.5) is 0 Å².